The average Bonchev–Trinajstić information content (AvgIpc) is 3.54. The molecule has 10 nitrogen and oxygen atoms in total. The largest absolute Gasteiger partial charge is 0.379 e. The molecular formula is C27H28N8O2. The molecule has 1 aliphatic carbocycles. The van der Waals surface area contributed by atoms with Crippen molar-refractivity contribution in [3.8, 4) is 11.1 Å². The Hall–Kier alpha value is -4.31. The SMILES string of the molecule is CCO[C@H]1CC[C@@H](Nc2ncc3c(-c4ccn5ncc(C(=O)Nc6cccnc6)c5c4)c[nH]c3n2)CC1. The number of amides is 1. The van der Waals surface area contributed by atoms with Gasteiger partial charge in [-0.25, -0.2) is 9.50 Å². The number of pyridine rings is 2. The summed E-state index contributed by atoms with van der Waals surface area (Å²) in [5, 5.41) is 11.6. The van der Waals surface area contributed by atoms with Crippen molar-refractivity contribution in [2.75, 3.05) is 17.2 Å². The van der Waals surface area contributed by atoms with Gasteiger partial charge >= 0.3 is 0 Å². The number of anilines is 2. The van der Waals surface area contributed by atoms with Crippen LogP contribution in [0.5, 0.6) is 0 Å². The van der Waals surface area contributed by atoms with Gasteiger partial charge in [0.05, 0.1) is 35.3 Å². The molecule has 188 valence electrons. The number of nitrogens with one attached hydrogen (secondary N) is 3. The Morgan fingerprint density at radius 2 is 2.08 bits per heavy atom. The van der Waals surface area contributed by atoms with Gasteiger partial charge in [0.2, 0.25) is 5.95 Å². The highest BCUT2D eigenvalue weighted by atomic mass is 16.5. The number of nitrogens with zero attached hydrogens (tertiary/aromatic N) is 5. The number of H-pyrrole nitrogens is 1. The van der Waals surface area contributed by atoms with Crippen LogP contribution in [-0.2, 0) is 4.74 Å². The number of ether oxygens (including phenoxy) is 1. The number of hydrogen-bond donors (Lipinski definition) is 3. The fourth-order valence-corrected chi connectivity index (χ4v) is 4.97. The van der Waals surface area contributed by atoms with Gasteiger partial charge in [-0.2, -0.15) is 10.1 Å². The van der Waals surface area contributed by atoms with Gasteiger partial charge in [0, 0.05) is 48.4 Å². The Kier molecular flexibility index (Phi) is 6.23. The van der Waals surface area contributed by atoms with E-state index < -0.39 is 0 Å². The minimum atomic E-state index is -0.242. The fourth-order valence-electron chi connectivity index (χ4n) is 4.97. The normalized spacial score (nSPS) is 17.8. The summed E-state index contributed by atoms with van der Waals surface area (Å²) in [6.45, 7) is 2.82. The lowest BCUT2D eigenvalue weighted by atomic mass is 9.93. The van der Waals surface area contributed by atoms with Crippen LogP contribution in [0.25, 0.3) is 27.7 Å². The first-order chi connectivity index (χ1) is 18.2. The minimum absolute atomic E-state index is 0.242. The Labute approximate surface area is 213 Å². The molecule has 37 heavy (non-hydrogen) atoms. The van der Waals surface area contributed by atoms with Gasteiger partial charge < -0.3 is 20.4 Å². The highest BCUT2D eigenvalue weighted by Gasteiger charge is 2.22. The van der Waals surface area contributed by atoms with Crippen LogP contribution in [0, 0.1) is 0 Å². The van der Waals surface area contributed by atoms with E-state index in [2.05, 4.69) is 30.7 Å². The van der Waals surface area contributed by atoms with E-state index in [1.807, 2.05) is 37.6 Å². The van der Waals surface area contributed by atoms with E-state index in [0.29, 0.717) is 34.9 Å². The second kappa shape index (κ2) is 9.98. The standard InChI is InChI=1S/C27H28N8O2/c1-2-37-20-7-5-18(6-8-20)33-27-30-15-22-21(14-29-25(22)34-27)17-9-11-35-24(12-17)23(16-31-35)26(36)32-19-4-3-10-28-13-19/h3-4,9-16,18,20H,2,5-8H2,1H3,(H,32,36)(H2,29,30,33,34)/t18-,20+. The van der Waals surface area contributed by atoms with Crippen molar-refractivity contribution in [3.05, 3.63) is 67.0 Å². The predicted molar refractivity (Wildman–Crippen MR) is 142 cm³/mol. The number of aromatic nitrogens is 6. The van der Waals surface area contributed by atoms with E-state index in [1.54, 1.807) is 35.2 Å². The van der Waals surface area contributed by atoms with Crippen LogP contribution in [0.15, 0.2) is 61.4 Å². The maximum Gasteiger partial charge on any atom is 0.259 e. The number of rotatable bonds is 7. The first-order valence-corrected chi connectivity index (χ1v) is 12.6. The molecule has 5 aromatic rings. The molecule has 10 heteroatoms. The van der Waals surface area contributed by atoms with Gasteiger partial charge in [-0.1, -0.05) is 0 Å². The molecule has 1 aliphatic rings. The third kappa shape index (κ3) is 4.75. The van der Waals surface area contributed by atoms with Crippen molar-refractivity contribution >= 4 is 34.1 Å². The quantitative estimate of drug-likeness (QED) is 0.299. The third-order valence-corrected chi connectivity index (χ3v) is 6.84. The first kappa shape index (κ1) is 23.1. The summed E-state index contributed by atoms with van der Waals surface area (Å²) in [6.07, 6.45) is 15.0. The third-order valence-electron chi connectivity index (χ3n) is 6.84. The number of hydrogen-bond acceptors (Lipinski definition) is 7. The monoisotopic (exact) mass is 496 g/mol. The van der Waals surface area contributed by atoms with Crippen LogP contribution < -0.4 is 10.6 Å². The van der Waals surface area contributed by atoms with Gasteiger partial charge in [-0.05, 0) is 62.4 Å². The lowest BCUT2D eigenvalue weighted by molar-refractivity contribution is 0.0346. The second-order valence-electron chi connectivity index (χ2n) is 9.23. The number of aromatic amines is 1. The van der Waals surface area contributed by atoms with Crippen molar-refractivity contribution < 1.29 is 9.53 Å². The van der Waals surface area contributed by atoms with Gasteiger partial charge in [0.15, 0.2) is 0 Å². The van der Waals surface area contributed by atoms with Crippen molar-refractivity contribution in [2.45, 2.75) is 44.8 Å². The first-order valence-electron chi connectivity index (χ1n) is 12.6. The lowest BCUT2D eigenvalue weighted by Crippen LogP contribution is -2.30. The highest BCUT2D eigenvalue weighted by Crippen LogP contribution is 2.30. The zero-order valence-corrected chi connectivity index (χ0v) is 20.5. The van der Waals surface area contributed by atoms with Gasteiger partial charge in [-0.15, -0.1) is 0 Å². The minimum Gasteiger partial charge on any atom is -0.379 e. The summed E-state index contributed by atoms with van der Waals surface area (Å²) < 4.78 is 7.45. The van der Waals surface area contributed by atoms with Crippen LogP contribution in [-0.4, -0.2) is 54.2 Å². The fraction of sp³-hybridized carbons (Fsp3) is 0.296. The molecule has 0 bridgehead atoms. The van der Waals surface area contributed by atoms with Gasteiger partial charge in [0.1, 0.15) is 5.65 Å². The smallest absolute Gasteiger partial charge is 0.259 e. The van der Waals surface area contributed by atoms with E-state index in [9.17, 15) is 4.79 Å². The summed E-state index contributed by atoms with van der Waals surface area (Å²) >= 11 is 0. The number of fused-ring (bicyclic) bond motifs is 2. The van der Waals surface area contributed by atoms with Crippen LogP contribution in [0.3, 0.4) is 0 Å². The average molecular weight is 497 g/mol. The molecule has 0 spiro atoms. The molecule has 1 amide bonds. The molecule has 6 rings (SSSR count). The van der Waals surface area contributed by atoms with E-state index in [4.69, 9.17) is 9.72 Å². The van der Waals surface area contributed by atoms with Crippen LogP contribution >= 0.6 is 0 Å². The van der Waals surface area contributed by atoms with E-state index >= 15 is 0 Å². The van der Waals surface area contributed by atoms with Crippen LogP contribution in [0.1, 0.15) is 43.0 Å². The molecule has 5 aromatic heterocycles. The van der Waals surface area contributed by atoms with Crippen LogP contribution in [0.2, 0.25) is 0 Å². The zero-order valence-electron chi connectivity index (χ0n) is 20.5. The van der Waals surface area contributed by atoms with Crippen molar-refractivity contribution in [2.24, 2.45) is 0 Å². The second-order valence-corrected chi connectivity index (χ2v) is 9.23. The summed E-state index contributed by atoms with van der Waals surface area (Å²) in [6, 6.07) is 7.84. The van der Waals surface area contributed by atoms with E-state index in [-0.39, 0.29) is 5.91 Å². The Morgan fingerprint density at radius 3 is 2.89 bits per heavy atom. The predicted octanol–water partition coefficient (Wildman–Crippen LogP) is 4.68. The van der Waals surface area contributed by atoms with Gasteiger partial charge in [-0.3, -0.25) is 9.78 Å². The molecule has 3 N–H and O–H groups in total. The molecule has 0 aliphatic heterocycles. The summed E-state index contributed by atoms with van der Waals surface area (Å²) in [5.41, 5.74) is 4.47. The lowest BCUT2D eigenvalue weighted by Gasteiger charge is -2.28. The Morgan fingerprint density at radius 1 is 1.19 bits per heavy atom. The van der Waals surface area contributed by atoms with E-state index in [1.165, 1.54) is 0 Å². The molecule has 0 atom stereocenters. The molecule has 0 radical (unpaired) electrons. The van der Waals surface area contributed by atoms with Gasteiger partial charge in [0.25, 0.3) is 5.91 Å². The zero-order chi connectivity index (χ0) is 25.2. The molecule has 0 saturated heterocycles. The molecule has 0 unspecified atom stereocenters. The summed E-state index contributed by atoms with van der Waals surface area (Å²) in [5.74, 6) is 0.384. The maximum absolute atomic E-state index is 12.9. The molecule has 5 heterocycles. The topological polar surface area (TPSA) is 122 Å². The molecular weight excluding hydrogens is 468 g/mol. The van der Waals surface area contributed by atoms with Crippen LogP contribution in [0.4, 0.5) is 11.6 Å². The number of carbonyl (C=O) groups excluding carboxylic acids is 1. The molecule has 1 saturated carbocycles. The highest BCUT2D eigenvalue weighted by molar-refractivity contribution is 6.09. The molecule has 1 fully saturated rings. The Balaban J connectivity index is 1.22. The van der Waals surface area contributed by atoms with E-state index in [0.717, 1.165) is 54.5 Å². The number of carbonyl (C=O) groups is 1. The summed E-state index contributed by atoms with van der Waals surface area (Å²) in [7, 11) is 0. The maximum atomic E-state index is 12.9. The Bertz CT molecular complexity index is 1540. The van der Waals surface area contributed by atoms with Crippen molar-refractivity contribution in [1.82, 2.24) is 29.5 Å². The summed E-state index contributed by atoms with van der Waals surface area (Å²) in [4.78, 5) is 29.6. The molecule has 0 aromatic carbocycles. The van der Waals surface area contributed by atoms with Crippen molar-refractivity contribution in [3.63, 3.8) is 0 Å². The van der Waals surface area contributed by atoms with Crippen molar-refractivity contribution in [1.29, 1.82) is 0 Å².